The minimum absolute atomic E-state index is 0.361. The molecule has 2 N–H and O–H groups in total. The molecule has 0 aromatic rings. The highest BCUT2D eigenvalue weighted by molar-refractivity contribution is 6.35. The van der Waals surface area contributed by atoms with Gasteiger partial charge in [0.1, 0.15) is 0 Å². The van der Waals surface area contributed by atoms with Crippen molar-refractivity contribution in [3.63, 3.8) is 0 Å². The van der Waals surface area contributed by atoms with Gasteiger partial charge in [-0.2, -0.15) is 0 Å². The van der Waals surface area contributed by atoms with Crippen LogP contribution in [0.1, 0.15) is 27.2 Å². The van der Waals surface area contributed by atoms with Crippen LogP contribution in [0.2, 0.25) is 0 Å². The molecule has 16 heavy (non-hydrogen) atoms. The van der Waals surface area contributed by atoms with Gasteiger partial charge in [0.2, 0.25) is 0 Å². The summed E-state index contributed by atoms with van der Waals surface area (Å²) in [5.74, 6) is -0.815. The average Bonchev–Trinajstić information content (AvgIpc) is 2.25. The van der Waals surface area contributed by atoms with Crippen LogP contribution in [0.5, 0.6) is 0 Å². The molecule has 1 aliphatic heterocycles. The first-order valence-electron chi connectivity index (χ1n) is 5.75. The molecule has 0 bridgehead atoms. The molecule has 1 rings (SSSR count). The Morgan fingerprint density at radius 3 is 2.38 bits per heavy atom. The van der Waals surface area contributed by atoms with Gasteiger partial charge in [0.15, 0.2) is 0 Å². The Morgan fingerprint density at radius 2 is 1.88 bits per heavy atom. The Morgan fingerprint density at radius 1 is 1.25 bits per heavy atom. The summed E-state index contributed by atoms with van der Waals surface area (Å²) < 4.78 is 0. The van der Waals surface area contributed by atoms with Gasteiger partial charge in [0.05, 0.1) is 5.54 Å². The molecule has 1 fully saturated rings. The van der Waals surface area contributed by atoms with Crippen molar-refractivity contribution in [1.29, 1.82) is 0 Å². The van der Waals surface area contributed by atoms with Gasteiger partial charge in [-0.1, -0.05) is 6.92 Å². The molecule has 1 aliphatic rings. The second kappa shape index (κ2) is 4.82. The van der Waals surface area contributed by atoms with Crippen molar-refractivity contribution >= 4 is 11.8 Å². The predicted molar refractivity (Wildman–Crippen MR) is 61.7 cm³/mol. The molecule has 0 aromatic heterocycles. The fourth-order valence-corrected chi connectivity index (χ4v) is 1.85. The van der Waals surface area contributed by atoms with E-state index in [1.54, 1.807) is 9.80 Å². The third-order valence-electron chi connectivity index (χ3n) is 3.03. The molecule has 1 heterocycles. The SMILES string of the molecule is CCCN1CCN(C(C)(C)CN)C(=O)C1=O. The normalized spacial score (nSPS) is 18.2. The van der Waals surface area contributed by atoms with E-state index in [0.717, 1.165) is 6.42 Å². The average molecular weight is 227 g/mol. The van der Waals surface area contributed by atoms with Crippen LogP contribution in [-0.2, 0) is 9.59 Å². The molecule has 0 unspecified atom stereocenters. The highest BCUT2D eigenvalue weighted by Crippen LogP contribution is 2.17. The molecule has 2 amide bonds. The highest BCUT2D eigenvalue weighted by atomic mass is 16.2. The van der Waals surface area contributed by atoms with E-state index in [1.807, 2.05) is 20.8 Å². The number of carbonyl (C=O) groups excluding carboxylic acids is 2. The molecule has 92 valence electrons. The van der Waals surface area contributed by atoms with Crippen LogP contribution in [0.15, 0.2) is 0 Å². The number of carbonyl (C=O) groups is 2. The van der Waals surface area contributed by atoms with Crippen molar-refractivity contribution in [2.45, 2.75) is 32.7 Å². The zero-order valence-electron chi connectivity index (χ0n) is 10.3. The molecule has 1 saturated heterocycles. The number of piperazine rings is 1. The summed E-state index contributed by atoms with van der Waals surface area (Å²) in [5.41, 5.74) is 5.18. The van der Waals surface area contributed by atoms with Crippen LogP contribution < -0.4 is 5.73 Å². The summed E-state index contributed by atoms with van der Waals surface area (Å²) in [6, 6.07) is 0. The maximum Gasteiger partial charge on any atom is 0.312 e. The lowest BCUT2D eigenvalue weighted by atomic mass is 10.0. The molecular weight excluding hydrogens is 206 g/mol. The zero-order valence-corrected chi connectivity index (χ0v) is 10.3. The van der Waals surface area contributed by atoms with Crippen LogP contribution in [0.25, 0.3) is 0 Å². The maximum atomic E-state index is 11.9. The smallest absolute Gasteiger partial charge is 0.312 e. The van der Waals surface area contributed by atoms with Crippen molar-refractivity contribution < 1.29 is 9.59 Å². The quantitative estimate of drug-likeness (QED) is 0.677. The Hall–Kier alpha value is -1.10. The predicted octanol–water partition coefficient (Wildman–Crippen LogP) is -0.195. The lowest BCUT2D eigenvalue weighted by molar-refractivity contribution is -0.159. The van der Waals surface area contributed by atoms with Crippen LogP contribution in [0, 0.1) is 0 Å². The Labute approximate surface area is 96.6 Å². The van der Waals surface area contributed by atoms with E-state index in [9.17, 15) is 9.59 Å². The fourth-order valence-electron chi connectivity index (χ4n) is 1.85. The van der Waals surface area contributed by atoms with Crippen molar-refractivity contribution in [2.75, 3.05) is 26.2 Å². The molecule has 0 spiro atoms. The molecule has 5 nitrogen and oxygen atoms in total. The number of nitrogens with two attached hydrogens (primary N) is 1. The summed E-state index contributed by atoms with van der Waals surface area (Å²) in [5, 5.41) is 0. The van der Waals surface area contributed by atoms with Crippen molar-refractivity contribution in [2.24, 2.45) is 5.73 Å². The second-order valence-corrected chi connectivity index (χ2v) is 4.77. The Balaban J connectivity index is 2.76. The molecule has 0 radical (unpaired) electrons. The van der Waals surface area contributed by atoms with E-state index in [4.69, 9.17) is 5.73 Å². The van der Waals surface area contributed by atoms with E-state index >= 15 is 0 Å². The van der Waals surface area contributed by atoms with Crippen LogP contribution in [-0.4, -0.2) is 53.3 Å². The first-order chi connectivity index (χ1) is 7.44. The molecule has 0 saturated carbocycles. The van der Waals surface area contributed by atoms with Gasteiger partial charge in [0, 0.05) is 26.2 Å². The van der Waals surface area contributed by atoms with Crippen LogP contribution in [0.3, 0.4) is 0 Å². The number of nitrogens with zero attached hydrogens (tertiary/aromatic N) is 2. The van der Waals surface area contributed by atoms with E-state index in [2.05, 4.69) is 0 Å². The molecule has 0 atom stereocenters. The third-order valence-corrected chi connectivity index (χ3v) is 3.03. The zero-order chi connectivity index (χ0) is 12.3. The summed E-state index contributed by atoms with van der Waals surface area (Å²) in [4.78, 5) is 26.9. The van der Waals surface area contributed by atoms with E-state index in [0.29, 0.717) is 26.2 Å². The van der Waals surface area contributed by atoms with Gasteiger partial charge in [-0.15, -0.1) is 0 Å². The topological polar surface area (TPSA) is 66.6 Å². The van der Waals surface area contributed by atoms with Gasteiger partial charge in [0.25, 0.3) is 0 Å². The summed E-state index contributed by atoms with van der Waals surface area (Å²) >= 11 is 0. The Bertz CT molecular complexity index is 289. The van der Waals surface area contributed by atoms with Crippen LogP contribution in [0.4, 0.5) is 0 Å². The molecule has 5 heteroatoms. The minimum Gasteiger partial charge on any atom is -0.333 e. The number of amides is 2. The summed E-state index contributed by atoms with van der Waals surface area (Å²) in [7, 11) is 0. The summed E-state index contributed by atoms with van der Waals surface area (Å²) in [6.07, 6.45) is 0.874. The van der Waals surface area contributed by atoms with E-state index < -0.39 is 17.4 Å². The van der Waals surface area contributed by atoms with Crippen molar-refractivity contribution in [1.82, 2.24) is 9.80 Å². The monoisotopic (exact) mass is 227 g/mol. The first kappa shape index (κ1) is 13.0. The largest absolute Gasteiger partial charge is 0.333 e. The molecule has 0 aliphatic carbocycles. The Kier molecular flexibility index (Phi) is 3.91. The van der Waals surface area contributed by atoms with Crippen molar-refractivity contribution in [3.8, 4) is 0 Å². The van der Waals surface area contributed by atoms with Crippen LogP contribution >= 0.6 is 0 Å². The summed E-state index contributed by atoms with van der Waals surface area (Å²) in [6.45, 7) is 7.97. The molecule has 0 aromatic carbocycles. The van der Waals surface area contributed by atoms with Gasteiger partial charge in [-0.3, -0.25) is 9.59 Å². The first-order valence-corrected chi connectivity index (χ1v) is 5.75. The van der Waals surface area contributed by atoms with Gasteiger partial charge in [-0.25, -0.2) is 0 Å². The van der Waals surface area contributed by atoms with Gasteiger partial charge >= 0.3 is 11.8 Å². The van der Waals surface area contributed by atoms with Crippen molar-refractivity contribution in [3.05, 3.63) is 0 Å². The lowest BCUT2D eigenvalue weighted by Crippen LogP contribution is -2.62. The highest BCUT2D eigenvalue weighted by Gasteiger charge is 2.38. The standard InChI is InChI=1S/C11H21N3O2/c1-4-5-13-6-7-14(10(16)9(13)15)11(2,3)8-12/h4-8,12H2,1-3H3. The molecular formula is C11H21N3O2. The third kappa shape index (κ3) is 2.35. The second-order valence-electron chi connectivity index (χ2n) is 4.77. The van der Waals surface area contributed by atoms with Gasteiger partial charge in [-0.05, 0) is 20.3 Å². The minimum atomic E-state index is -0.439. The fraction of sp³-hybridized carbons (Fsp3) is 0.818. The number of hydrogen-bond acceptors (Lipinski definition) is 3. The van der Waals surface area contributed by atoms with Gasteiger partial charge < -0.3 is 15.5 Å². The maximum absolute atomic E-state index is 11.9. The van der Waals surface area contributed by atoms with E-state index in [1.165, 1.54) is 0 Å². The van der Waals surface area contributed by atoms with E-state index in [-0.39, 0.29) is 0 Å². The number of rotatable bonds is 4. The number of hydrogen-bond donors (Lipinski definition) is 1. The lowest BCUT2D eigenvalue weighted by Gasteiger charge is -2.42.